The number of ether oxygens (including phenoxy) is 2. The van der Waals surface area contributed by atoms with E-state index >= 15 is 0 Å². The molecule has 110 valence electrons. The molecule has 0 aromatic carbocycles. The van der Waals surface area contributed by atoms with Crippen molar-refractivity contribution in [3.8, 4) is 5.75 Å². The van der Waals surface area contributed by atoms with E-state index in [9.17, 15) is 4.79 Å². The van der Waals surface area contributed by atoms with Crippen molar-refractivity contribution in [2.45, 2.75) is 38.9 Å². The van der Waals surface area contributed by atoms with Gasteiger partial charge in [-0.1, -0.05) is 0 Å². The van der Waals surface area contributed by atoms with Gasteiger partial charge in [-0.2, -0.15) is 0 Å². The smallest absolute Gasteiger partial charge is 0.410 e. The molecule has 1 fully saturated rings. The quantitative estimate of drug-likeness (QED) is 0.774. The van der Waals surface area contributed by atoms with Crippen molar-refractivity contribution >= 4 is 22.0 Å². The van der Waals surface area contributed by atoms with Crippen LogP contribution in [0.25, 0.3) is 0 Å². The molecule has 0 bridgehead atoms. The van der Waals surface area contributed by atoms with E-state index in [2.05, 4.69) is 20.9 Å². The van der Waals surface area contributed by atoms with Crippen molar-refractivity contribution in [3.63, 3.8) is 0 Å². The van der Waals surface area contributed by atoms with Crippen molar-refractivity contribution in [2.24, 2.45) is 0 Å². The Morgan fingerprint density at radius 3 is 2.80 bits per heavy atom. The fourth-order valence-corrected chi connectivity index (χ4v) is 2.18. The molecule has 1 aromatic heterocycles. The molecule has 0 saturated carbocycles. The highest BCUT2D eigenvalue weighted by Crippen LogP contribution is 2.20. The predicted octanol–water partition coefficient (Wildman–Crippen LogP) is 3.23. The predicted molar refractivity (Wildman–Crippen MR) is 78.8 cm³/mol. The van der Waals surface area contributed by atoms with Gasteiger partial charge in [0.2, 0.25) is 0 Å². The minimum Gasteiger partial charge on any atom is -0.487 e. The second-order valence-electron chi connectivity index (χ2n) is 5.77. The molecule has 5 nitrogen and oxygen atoms in total. The van der Waals surface area contributed by atoms with E-state index in [1.54, 1.807) is 11.1 Å². The van der Waals surface area contributed by atoms with Gasteiger partial charge in [0.05, 0.1) is 12.7 Å². The summed E-state index contributed by atoms with van der Waals surface area (Å²) in [5.74, 6) is 0.712. The number of rotatable bonds is 2. The average Bonchev–Trinajstić information content (AvgIpc) is 2.79. The average molecular weight is 343 g/mol. The summed E-state index contributed by atoms with van der Waals surface area (Å²) in [5, 5.41) is 0. The summed E-state index contributed by atoms with van der Waals surface area (Å²) < 4.78 is 11.9. The Bertz CT molecular complexity index is 470. The highest BCUT2D eigenvalue weighted by atomic mass is 79.9. The van der Waals surface area contributed by atoms with Crippen LogP contribution < -0.4 is 4.74 Å². The molecular formula is C14H19BrN2O3. The summed E-state index contributed by atoms with van der Waals surface area (Å²) in [6.45, 7) is 6.79. The van der Waals surface area contributed by atoms with Crippen LogP contribution in [0.2, 0.25) is 0 Å². The normalized spacial score (nSPS) is 19.0. The fraction of sp³-hybridized carbons (Fsp3) is 0.571. The second-order valence-corrected chi connectivity index (χ2v) is 6.58. The molecule has 1 amide bonds. The van der Waals surface area contributed by atoms with E-state index in [1.807, 2.05) is 32.9 Å². The first kappa shape index (κ1) is 15.1. The monoisotopic (exact) mass is 342 g/mol. The van der Waals surface area contributed by atoms with E-state index in [4.69, 9.17) is 9.47 Å². The zero-order valence-electron chi connectivity index (χ0n) is 11.9. The third-order valence-corrected chi connectivity index (χ3v) is 3.27. The lowest BCUT2D eigenvalue weighted by Gasteiger charge is -2.24. The van der Waals surface area contributed by atoms with Crippen LogP contribution in [-0.2, 0) is 4.74 Å². The maximum absolute atomic E-state index is 11.9. The molecule has 0 aliphatic carbocycles. The van der Waals surface area contributed by atoms with Crippen LogP contribution in [0, 0.1) is 0 Å². The summed E-state index contributed by atoms with van der Waals surface area (Å²) in [4.78, 5) is 17.7. The lowest BCUT2D eigenvalue weighted by molar-refractivity contribution is 0.0275. The molecule has 1 atom stereocenters. The molecule has 0 N–H and O–H groups in total. The molecule has 2 rings (SSSR count). The van der Waals surface area contributed by atoms with Gasteiger partial charge >= 0.3 is 6.09 Å². The molecule has 1 aromatic rings. The summed E-state index contributed by atoms with van der Waals surface area (Å²) in [5.41, 5.74) is -0.467. The van der Waals surface area contributed by atoms with Gasteiger partial charge in [-0.05, 0) is 48.8 Å². The van der Waals surface area contributed by atoms with Gasteiger partial charge in [-0.3, -0.25) is 0 Å². The first-order valence-electron chi connectivity index (χ1n) is 6.59. The zero-order valence-corrected chi connectivity index (χ0v) is 13.5. The van der Waals surface area contributed by atoms with Gasteiger partial charge in [0.1, 0.15) is 22.1 Å². The lowest BCUT2D eigenvalue weighted by atomic mass is 10.2. The second kappa shape index (κ2) is 5.99. The summed E-state index contributed by atoms with van der Waals surface area (Å²) in [6.07, 6.45) is 2.18. The highest BCUT2D eigenvalue weighted by Gasteiger charge is 2.30. The number of aromatic nitrogens is 1. The number of carbonyl (C=O) groups excluding carboxylic acids is 1. The first-order valence-corrected chi connectivity index (χ1v) is 7.39. The van der Waals surface area contributed by atoms with Gasteiger partial charge in [-0.25, -0.2) is 9.78 Å². The topological polar surface area (TPSA) is 51.7 Å². The zero-order chi connectivity index (χ0) is 14.8. The van der Waals surface area contributed by atoms with E-state index in [0.29, 0.717) is 18.8 Å². The van der Waals surface area contributed by atoms with Gasteiger partial charge in [0, 0.05) is 13.0 Å². The van der Waals surface area contributed by atoms with Crippen LogP contribution in [0.3, 0.4) is 0 Å². The molecule has 1 aliphatic heterocycles. The molecule has 0 unspecified atom stereocenters. The molecule has 0 spiro atoms. The number of carbonyl (C=O) groups is 1. The molecule has 20 heavy (non-hydrogen) atoms. The third kappa shape index (κ3) is 4.37. The van der Waals surface area contributed by atoms with Crippen molar-refractivity contribution in [1.82, 2.24) is 9.88 Å². The minimum atomic E-state index is -0.467. The maximum atomic E-state index is 11.9. The Morgan fingerprint density at radius 1 is 1.45 bits per heavy atom. The van der Waals surface area contributed by atoms with Gasteiger partial charge in [-0.15, -0.1) is 0 Å². The van der Waals surface area contributed by atoms with Crippen LogP contribution in [0.1, 0.15) is 27.2 Å². The number of amides is 1. The minimum absolute atomic E-state index is 0.00880. The van der Waals surface area contributed by atoms with Crippen molar-refractivity contribution in [3.05, 3.63) is 22.9 Å². The molecule has 1 aliphatic rings. The Kier molecular flexibility index (Phi) is 4.52. The van der Waals surface area contributed by atoms with E-state index in [0.717, 1.165) is 11.0 Å². The number of hydrogen-bond acceptors (Lipinski definition) is 4. The number of nitrogens with zero attached hydrogens (tertiary/aromatic N) is 2. The van der Waals surface area contributed by atoms with E-state index in [1.165, 1.54) is 0 Å². The van der Waals surface area contributed by atoms with Gasteiger partial charge < -0.3 is 14.4 Å². The van der Waals surface area contributed by atoms with Crippen LogP contribution in [0.15, 0.2) is 22.9 Å². The van der Waals surface area contributed by atoms with Crippen molar-refractivity contribution < 1.29 is 14.3 Å². The van der Waals surface area contributed by atoms with Crippen molar-refractivity contribution in [1.29, 1.82) is 0 Å². The van der Waals surface area contributed by atoms with Gasteiger partial charge in [0.15, 0.2) is 0 Å². The van der Waals surface area contributed by atoms with E-state index < -0.39 is 5.60 Å². The molecule has 0 radical (unpaired) electrons. The van der Waals surface area contributed by atoms with Crippen LogP contribution >= 0.6 is 15.9 Å². The Hall–Kier alpha value is -1.30. The number of halogens is 1. The standard InChI is InChI=1S/C14H19BrN2O3/c1-14(2,3)20-13(18)17-7-6-11(9-17)19-10-4-5-12(15)16-8-10/h4-5,8,11H,6-7,9H2,1-3H3/t11-/m1/s1. The largest absolute Gasteiger partial charge is 0.487 e. The van der Waals surface area contributed by atoms with Crippen LogP contribution in [0.5, 0.6) is 5.75 Å². The summed E-state index contributed by atoms with van der Waals surface area (Å²) in [6, 6.07) is 3.68. The fourth-order valence-electron chi connectivity index (χ4n) is 1.94. The molecule has 2 heterocycles. The number of likely N-dealkylation sites (tertiary alicyclic amines) is 1. The number of pyridine rings is 1. The lowest BCUT2D eigenvalue weighted by Crippen LogP contribution is -2.36. The molecular weight excluding hydrogens is 324 g/mol. The molecule has 1 saturated heterocycles. The maximum Gasteiger partial charge on any atom is 0.410 e. The van der Waals surface area contributed by atoms with Gasteiger partial charge in [0.25, 0.3) is 0 Å². The SMILES string of the molecule is CC(C)(C)OC(=O)N1CC[C@@H](Oc2ccc(Br)nc2)C1. The van der Waals surface area contributed by atoms with Crippen molar-refractivity contribution in [2.75, 3.05) is 13.1 Å². The Morgan fingerprint density at radius 2 is 2.20 bits per heavy atom. The molecule has 6 heteroatoms. The summed E-state index contributed by atoms with van der Waals surface area (Å²) >= 11 is 3.28. The summed E-state index contributed by atoms with van der Waals surface area (Å²) in [7, 11) is 0. The highest BCUT2D eigenvalue weighted by molar-refractivity contribution is 9.10. The third-order valence-electron chi connectivity index (χ3n) is 2.80. The Labute approximate surface area is 127 Å². The van der Waals surface area contributed by atoms with Crippen LogP contribution in [-0.4, -0.2) is 40.8 Å². The Balaban J connectivity index is 1.86. The van der Waals surface area contributed by atoms with Crippen LogP contribution in [0.4, 0.5) is 4.79 Å². The first-order chi connectivity index (χ1) is 9.33. The van der Waals surface area contributed by atoms with E-state index in [-0.39, 0.29) is 12.2 Å². The number of hydrogen-bond donors (Lipinski definition) is 0.